The number of benzene rings is 2. The molecule has 0 bridgehead atoms. The lowest BCUT2D eigenvalue weighted by Crippen LogP contribution is -2.63. The van der Waals surface area contributed by atoms with Crippen LogP contribution >= 0.6 is 0 Å². The van der Waals surface area contributed by atoms with Gasteiger partial charge in [-0.1, -0.05) is 24.3 Å². The van der Waals surface area contributed by atoms with E-state index in [-0.39, 0.29) is 55.4 Å². The molecule has 2 saturated heterocycles. The predicted molar refractivity (Wildman–Crippen MR) is 170 cm³/mol. The first-order valence-electron chi connectivity index (χ1n) is 15.8. The summed E-state index contributed by atoms with van der Waals surface area (Å²) in [6.45, 7) is 9.62. The summed E-state index contributed by atoms with van der Waals surface area (Å²) in [7, 11) is 1.26. The van der Waals surface area contributed by atoms with E-state index in [2.05, 4.69) is 22.0 Å². The molecule has 2 fully saturated rings. The molecule has 0 aromatic heterocycles. The van der Waals surface area contributed by atoms with Crippen LogP contribution in [0.15, 0.2) is 42.5 Å². The van der Waals surface area contributed by atoms with Crippen LogP contribution in [-0.4, -0.2) is 123 Å². The molecule has 3 aliphatic heterocycles. The third-order valence-electron chi connectivity index (χ3n) is 9.59. The molecule has 0 radical (unpaired) electrons. The minimum atomic E-state index is -1.11. The first kappa shape index (κ1) is 33.5. The van der Waals surface area contributed by atoms with Crippen molar-refractivity contribution in [3.05, 3.63) is 65.0 Å². The number of ether oxygens (including phenoxy) is 2. The Kier molecular flexibility index (Phi) is 10.4. The molecule has 0 spiro atoms. The van der Waals surface area contributed by atoms with Gasteiger partial charge in [0.05, 0.1) is 32.3 Å². The lowest BCUT2D eigenvalue weighted by molar-refractivity contribution is -0.141. The van der Waals surface area contributed by atoms with Crippen molar-refractivity contribution < 1.29 is 33.0 Å². The van der Waals surface area contributed by atoms with Crippen LogP contribution in [0.5, 0.6) is 0 Å². The minimum absolute atomic E-state index is 0.0625. The zero-order valence-electron chi connectivity index (χ0n) is 27.0. The van der Waals surface area contributed by atoms with Crippen LogP contribution in [0.25, 0.3) is 0 Å². The van der Waals surface area contributed by atoms with Crippen molar-refractivity contribution in [3.8, 4) is 0 Å². The molecule has 2 aromatic carbocycles. The topological polar surface area (TPSA) is 112 Å². The second-order valence-electron chi connectivity index (χ2n) is 12.9. The highest BCUT2D eigenvalue weighted by molar-refractivity contribution is 6.03. The zero-order valence-corrected chi connectivity index (χ0v) is 27.0. The van der Waals surface area contributed by atoms with Crippen molar-refractivity contribution in [1.82, 2.24) is 20.0 Å². The van der Waals surface area contributed by atoms with Gasteiger partial charge >= 0.3 is 5.97 Å². The lowest BCUT2D eigenvalue weighted by Gasteiger charge is -2.46. The Morgan fingerprint density at radius 2 is 1.80 bits per heavy atom. The van der Waals surface area contributed by atoms with Gasteiger partial charge in [-0.05, 0) is 62.1 Å². The number of fused-ring (bicyclic) bond motifs is 1. The normalized spacial score (nSPS) is 25.2. The lowest BCUT2D eigenvalue weighted by atomic mass is 9.83. The van der Waals surface area contributed by atoms with Crippen molar-refractivity contribution in [3.63, 3.8) is 0 Å². The van der Waals surface area contributed by atoms with E-state index in [1.807, 2.05) is 25.1 Å². The van der Waals surface area contributed by atoms with Gasteiger partial charge in [0.25, 0.3) is 0 Å². The SMILES string of the molecule is COC(=O)CNC(=O)[C@]1(C)CN(C(=O)CN2CC(C)N(C=O)C[C@@H]2CN2CCOCC2C)c2cc(Cc3ccc(F)cc3)ccc21. The van der Waals surface area contributed by atoms with Gasteiger partial charge in [-0.15, -0.1) is 0 Å². The van der Waals surface area contributed by atoms with Crippen LogP contribution in [0.3, 0.4) is 0 Å². The monoisotopic (exact) mass is 637 g/mol. The zero-order chi connectivity index (χ0) is 33.0. The maximum Gasteiger partial charge on any atom is 0.325 e. The first-order chi connectivity index (χ1) is 22.0. The van der Waals surface area contributed by atoms with Crippen LogP contribution in [0, 0.1) is 5.82 Å². The van der Waals surface area contributed by atoms with E-state index in [0.29, 0.717) is 50.5 Å². The maximum absolute atomic E-state index is 14.3. The number of anilines is 1. The molecule has 5 rings (SSSR count). The van der Waals surface area contributed by atoms with Gasteiger partial charge in [-0.2, -0.15) is 0 Å². The maximum atomic E-state index is 14.3. The van der Waals surface area contributed by atoms with E-state index >= 15 is 0 Å². The molecule has 0 saturated carbocycles. The molecule has 248 valence electrons. The second-order valence-corrected chi connectivity index (χ2v) is 12.9. The smallest absolute Gasteiger partial charge is 0.325 e. The third-order valence-corrected chi connectivity index (χ3v) is 9.59. The average Bonchev–Trinajstić information content (AvgIpc) is 3.35. The van der Waals surface area contributed by atoms with Gasteiger partial charge in [0.15, 0.2) is 0 Å². The Balaban J connectivity index is 1.42. The molecule has 11 nitrogen and oxygen atoms in total. The van der Waals surface area contributed by atoms with Crippen molar-refractivity contribution >= 4 is 29.9 Å². The molecular weight excluding hydrogens is 593 g/mol. The summed E-state index contributed by atoms with van der Waals surface area (Å²) in [6, 6.07) is 12.1. The number of methoxy groups -OCH3 is 1. The predicted octanol–water partition coefficient (Wildman–Crippen LogP) is 1.56. The van der Waals surface area contributed by atoms with E-state index in [4.69, 9.17) is 9.47 Å². The number of morpholine rings is 1. The van der Waals surface area contributed by atoms with Crippen LogP contribution in [-0.2, 0) is 40.5 Å². The number of carbonyl (C=O) groups excluding carboxylic acids is 4. The molecular formula is C34H44FN5O6. The highest BCUT2D eigenvalue weighted by Crippen LogP contribution is 2.42. The van der Waals surface area contributed by atoms with Gasteiger partial charge in [0.1, 0.15) is 12.4 Å². The summed E-state index contributed by atoms with van der Waals surface area (Å²) in [4.78, 5) is 59.5. The van der Waals surface area contributed by atoms with E-state index in [9.17, 15) is 23.6 Å². The summed E-state index contributed by atoms with van der Waals surface area (Å²) in [5.74, 6) is -1.42. The number of esters is 1. The fraction of sp³-hybridized carbons (Fsp3) is 0.529. The number of nitrogens with one attached hydrogen (secondary N) is 1. The summed E-state index contributed by atoms with van der Waals surface area (Å²) >= 11 is 0. The first-order valence-corrected chi connectivity index (χ1v) is 15.8. The Morgan fingerprint density at radius 3 is 2.50 bits per heavy atom. The molecule has 46 heavy (non-hydrogen) atoms. The molecule has 1 N–H and O–H groups in total. The molecule has 2 unspecified atom stereocenters. The van der Waals surface area contributed by atoms with Gasteiger partial charge in [0, 0.05) is 56.5 Å². The number of hydrogen-bond donors (Lipinski definition) is 1. The van der Waals surface area contributed by atoms with E-state index in [1.165, 1.54) is 19.2 Å². The van der Waals surface area contributed by atoms with E-state index in [1.54, 1.807) is 28.9 Å². The summed E-state index contributed by atoms with van der Waals surface area (Å²) in [5.41, 5.74) is 2.04. The molecule has 0 aliphatic carbocycles. The molecule has 3 aliphatic rings. The van der Waals surface area contributed by atoms with Gasteiger partial charge in [0.2, 0.25) is 18.2 Å². The Morgan fingerprint density at radius 1 is 1.07 bits per heavy atom. The fourth-order valence-corrected chi connectivity index (χ4v) is 6.75. The Bertz CT molecular complexity index is 1440. The highest BCUT2D eigenvalue weighted by Gasteiger charge is 2.47. The molecule has 3 amide bonds. The number of amides is 3. The number of nitrogens with zero attached hydrogens (tertiary/aromatic N) is 4. The Hall–Kier alpha value is -3.87. The number of halogens is 1. The quantitative estimate of drug-likeness (QED) is 0.309. The van der Waals surface area contributed by atoms with Crippen LogP contribution in [0.2, 0.25) is 0 Å². The van der Waals surface area contributed by atoms with Gasteiger partial charge in [-0.25, -0.2) is 4.39 Å². The van der Waals surface area contributed by atoms with E-state index < -0.39 is 11.4 Å². The van der Waals surface area contributed by atoms with Gasteiger partial charge < -0.3 is 24.6 Å². The van der Waals surface area contributed by atoms with Crippen LogP contribution in [0.4, 0.5) is 10.1 Å². The van der Waals surface area contributed by atoms with E-state index in [0.717, 1.165) is 24.1 Å². The highest BCUT2D eigenvalue weighted by atomic mass is 19.1. The fourth-order valence-electron chi connectivity index (χ4n) is 6.75. The Labute approximate surface area is 269 Å². The van der Waals surface area contributed by atoms with Crippen molar-refractivity contribution in [2.75, 3.05) is 71.0 Å². The number of hydrogen-bond acceptors (Lipinski definition) is 8. The molecule has 3 heterocycles. The minimum Gasteiger partial charge on any atom is -0.468 e. The number of rotatable bonds is 10. The summed E-state index contributed by atoms with van der Waals surface area (Å²) in [6.07, 6.45) is 1.41. The average molecular weight is 638 g/mol. The second kappa shape index (κ2) is 14.3. The third kappa shape index (κ3) is 7.24. The molecule has 2 aromatic rings. The number of piperazine rings is 1. The largest absolute Gasteiger partial charge is 0.468 e. The van der Waals surface area contributed by atoms with Gasteiger partial charge in [-0.3, -0.25) is 29.0 Å². The number of carbonyl (C=O) groups is 4. The van der Waals surface area contributed by atoms with Crippen molar-refractivity contribution in [2.45, 2.75) is 50.7 Å². The standard InChI is InChI=1S/C34H44FN5O6/c1-23-16-38(28(18-39(23)22-41)17-37-11-12-46-20-24(37)2)19-31(42)40-21-34(3,33(44)36-15-32(43)45-4)29-10-7-26(14-30(29)40)13-25-5-8-27(35)9-6-25/h5-10,14,22-24,28H,11-13,15-21H2,1-4H3,(H,36,44)/t23?,24?,28-,34+/m0/s1. The molecule has 4 atom stereocenters. The summed E-state index contributed by atoms with van der Waals surface area (Å²) in [5, 5.41) is 2.68. The van der Waals surface area contributed by atoms with Crippen molar-refractivity contribution in [1.29, 1.82) is 0 Å². The van der Waals surface area contributed by atoms with Crippen LogP contribution in [0.1, 0.15) is 37.5 Å². The van der Waals surface area contributed by atoms with Crippen LogP contribution < -0.4 is 10.2 Å². The van der Waals surface area contributed by atoms with Crippen molar-refractivity contribution in [2.24, 2.45) is 0 Å². The molecule has 12 heteroatoms. The summed E-state index contributed by atoms with van der Waals surface area (Å²) < 4.78 is 23.9.